The van der Waals surface area contributed by atoms with Gasteiger partial charge in [-0.2, -0.15) is 13.2 Å². The number of halogens is 4. The average Bonchev–Trinajstić information content (AvgIpc) is 2.18. The van der Waals surface area contributed by atoms with Gasteiger partial charge in [0.1, 0.15) is 0 Å². The van der Waals surface area contributed by atoms with Crippen molar-refractivity contribution >= 4 is 31.6 Å². The molecule has 0 spiro atoms. The van der Waals surface area contributed by atoms with E-state index in [1.165, 1.54) is 6.07 Å². The molecule has 1 aromatic rings. The first-order valence-corrected chi connectivity index (χ1v) is 7.47. The fourth-order valence-electron chi connectivity index (χ4n) is 1.31. The van der Waals surface area contributed by atoms with Crippen LogP contribution < -0.4 is 4.72 Å². The Morgan fingerprint density at radius 2 is 1.94 bits per heavy atom. The summed E-state index contributed by atoms with van der Waals surface area (Å²) in [4.78, 5) is 0. The Morgan fingerprint density at radius 1 is 1.33 bits per heavy atom. The maximum absolute atomic E-state index is 12.6. The average molecular weight is 346 g/mol. The lowest BCUT2D eigenvalue weighted by atomic mass is 10.2. The predicted octanol–water partition coefficient (Wildman–Crippen LogP) is 3.62. The van der Waals surface area contributed by atoms with Crippen LogP contribution in [0.15, 0.2) is 22.7 Å². The third kappa shape index (κ3) is 4.16. The predicted molar refractivity (Wildman–Crippen MR) is 66.8 cm³/mol. The molecule has 0 heterocycles. The van der Waals surface area contributed by atoms with Crippen molar-refractivity contribution in [1.82, 2.24) is 0 Å². The summed E-state index contributed by atoms with van der Waals surface area (Å²) < 4.78 is 62.7. The van der Waals surface area contributed by atoms with Gasteiger partial charge in [0, 0.05) is 10.2 Å². The summed E-state index contributed by atoms with van der Waals surface area (Å²) in [5.74, 6) is -0.135. The van der Waals surface area contributed by atoms with E-state index in [0.29, 0.717) is 6.42 Å². The number of benzene rings is 1. The van der Waals surface area contributed by atoms with Gasteiger partial charge in [-0.15, -0.1) is 0 Å². The van der Waals surface area contributed by atoms with Crippen molar-refractivity contribution in [2.24, 2.45) is 0 Å². The van der Waals surface area contributed by atoms with Gasteiger partial charge in [-0.1, -0.05) is 22.9 Å². The number of sulfonamides is 1. The highest BCUT2D eigenvalue weighted by molar-refractivity contribution is 9.10. The Morgan fingerprint density at radius 3 is 2.44 bits per heavy atom. The molecular formula is C10H11BrF3NO2S. The first-order chi connectivity index (χ1) is 8.15. The monoisotopic (exact) mass is 345 g/mol. The maximum atomic E-state index is 12.6. The number of hydrogen-bond donors (Lipinski definition) is 1. The van der Waals surface area contributed by atoms with Gasteiger partial charge in [0.2, 0.25) is 10.0 Å². The largest absolute Gasteiger partial charge is 0.417 e. The van der Waals surface area contributed by atoms with Crippen molar-refractivity contribution < 1.29 is 21.6 Å². The summed E-state index contributed by atoms with van der Waals surface area (Å²) >= 11 is 2.78. The van der Waals surface area contributed by atoms with Crippen molar-refractivity contribution in [2.45, 2.75) is 19.5 Å². The summed E-state index contributed by atoms with van der Waals surface area (Å²) in [5.41, 5.74) is -1.02. The summed E-state index contributed by atoms with van der Waals surface area (Å²) in [6.07, 6.45) is -4.15. The molecule has 0 aromatic heterocycles. The maximum Gasteiger partial charge on any atom is 0.417 e. The molecule has 8 heteroatoms. The molecule has 0 amide bonds. The quantitative estimate of drug-likeness (QED) is 0.905. The normalized spacial score (nSPS) is 12.5. The van der Waals surface area contributed by atoms with Crippen LogP contribution >= 0.6 is 15.9 Å². The molecule has 1 N–H and O–H groups in total. The molecular weight excluding hydrogens is 335 g/mol. The number of hydrogen-bond acceptors (Lipinski definition) is 2. The van der Waals surface area contributed by atoms with Crippen LogP contribution in [-0.4, -0.2) is 14.2 Å². The molecule has 0 aliphatic rings. The van der Waals surface area contributed by atoms with E-state index < -0.39 is 21.8 Å². The molecule has 102 valence electrons. The molecule has 0 saturated heterocycles. The Balaban J connectivity index is 3.07. The minimum atomic E-state index is -4.54. The second kappa shape index (κ2) is 5.48. The van der Waals surface area contributed by atoms with Crippen LogP contribution in [0.2, 0.25) is 0 Å². The van der Waals surface area contributed by atoms with Gasteiger partial charge in [0.15, 0.2) is 0 Å². The highest BCUT2D eigenvalue weighted by Gasteiger charge is 2.33. The minimum Gasteiger partial charge on any atom is -0.284 e. The van der Waals surface area contributed by atoms with E-state index >= 15 is 0 Å². The SMILES string of the molecule is CCCS(=O)(=O)Nc1ccc(Br)c(C(F)(F)F)c1. The molecule has 0 atom stereocenters. The summed E-state index contributed by atoms with van der Waals surface area (Å²) in [7, 11) is -3.59. The van der Waals surface area contributed by atoms with Gasteiger partial charge in [-0.25, -0.2) is 8.42 Å². The molecule has 0 aliphatic heterocycles. The standard InChI is InChI=1S/C10H11BrF3NO2S/c1-2-5-18(16,17)15-7-3-4-9(11)8(6-7)10(12,13)14/h3-4,6,15H,2,5H2,1H3. The number of nitrogens with one attached hydrogen (secondary N) is 1. The van der Waals surface area contributed by atoms with Crippen molar-refractivity contribution in [2.75, 3.05) is 10.5 Å². The Bertz CT molecular complexity index is 528. The zero-order chi connectivity index (χ0) is 14.0. The first-order valence-electron chi connectivity index (χ1n) is 5.03. The number of alkyl halides is 3. The molecule has 0 fully saturated rings. The van der Waals surface area contributed by atoms with Gasteiger partial charge in [0.25, 0.3) is 0 Å². The molecule has 0 unspecified atom stereocenters. The van der Waals surface area contributed by atoms with E-state index in [1.807, 2.05) is 0 Å². The van der Waals surface area contributed by atoms with Gasteiger partial charge in [0.05, 0.1) is 11.3 Å². The minimum absolute atomic E-state index is 0.0982. The van der Waals surface area contributed by atoms with E-state index in [4.69, 9.17) is 0 Å². The zero-order valence-electron chi connectivity index (χ0n) is 9.38. The van der Waals surface area contributed by atoms with Crippen LogP contribution in [0.5, 0.6) is 0 Å². The van der Waals surface area contributed by atoms with Crippen LogP contribution in [0.3, 0.4) is 0 Å². The number of rotatable bonds is 4. The summed E-state index contributed by atoms with van der Waals surface area (Å²) in [5, 5.41) is 0. The fraction of sp³-hybridized carbons (Fsp3) is 0.400. The first kappa shape index (κ1) is 15.3. The van der Waals surface area contributed by atoms with E-state index in [9.17, 15) is 21.6 Å². The highest BCUT2D eigenvalue weighted by Crippen LogP contribution is 2.36. The highest BCUT2D eigenvalue weighted by atomic mass is 79.9. The molecule has 1 aromatic carbocycles. The smallest absolute Gasteiger partial charge is 0.284 e. The van der Waals surface area contributed by atoms with Crippen LogP contribution in [0, 0.1) is 0 Å². The van der Waals surface area contributed by atoms with E-state index in [-0.39, 0.29) is 15.9 Å². The molecule has 0 radical (unpaired) electrons. The molecule has 0 aliphatic carbocycles. The zero-order valence-corrected chi connectivity index (χ0v) is 11.8. The molecule has 18 heavy (non-hydrogen) atoms. The van der Waals surface area contributed by atoms with Crippen molar-refractivity contribution in [1.29, 1.82) is 0 Å². The van der Waals surface area contributed by atoms with Gasteiger partial charge >= 0.3 is 6.18 Å². The lowest BCUT2D eigenvalue weighted by molar-refractivity contribution is -0.138. The van der Waals surface area contributed by atoms with Crippen molar-refractivity contribution in [3.05, 3.63) is 28.2 Å². The Labute approximate surface area is 112 Å². The second-order valence-electron chi connectivity index (χ2n) is 3.61. The van der Waals surface area contributed by atoms with E-state index in [0.717, 1.165) is 12.1 Å². The summed E-state index contributed by atoms with van der Waals surface area (Å²) in [6, 6.07) is 3.19. The van der Waals surface area contributed by atoms with E-state index in [1.54, 1.807) is 6.92 Å². The van der Waals surface area contributed by atoms with E-state index in [2.05, 4.69) is 20.7 Å². The molecule has 0 saturated carbocycles. The Kier molecular flexibility index (Phi) is 4.66. The molecule has 3 nitrogen and oxygen atoms in total. The lowest BCUT2D eigenvalue weighted by Crippen LogP contribution is -2.17. The number of anilines is 1. The Hall–Kier alpha value is -0.760. The third-order valence-electron chi connectivity index (χ3n) is 2.02. The van der Waals surface area contributed by atoms with Crippen LogP contribution in [0.4, 0.5) is 18.9 Å². The van der Waals surface area contributed by atoms with Gasteiger partial charge < -0.3 is 0 Å². The molecule has 1 rings (SSSR count). The van der Waals surface area contributed by atoms with Crippen LogP contribution in [0.1, 0.15) is 18.9 Å². The lowest BCUT2D eigenvalue weighted by Gasteiger charge is -2.12. The van der Waals surface area contributed by atoms with Gasteiger partial charge in [-0.05, 0) is 24.6 Å². The third-order valence-corrected chi connectivity index (χ3v) is 4.20. The molecule has 0 bridgehead atoms. The van der Waals surface area contributed by atoms with Crippen LogP contribution in [-0.2, 0) is 16.2 Å². The van der Waals surface area contributed by atoms with Crippen molar-refractivity contribution in [3.63, 3.8) is 0 Å². The van der Waals surface area contributed by atoms with Crippen molar-refractivity contribution in [3.8, 4) is 0 Å². The van der Waals surface area contributed by atoms with Gasteiger partial charge in [-0.3, -0.25) is 4.72 Å². The topological polar surface area (TPSA) is 46.2 Å². The second-order valence-corrected chi connectivity index (χ2v) is 6.31. The fourth-order valence-corrected chi connectivity index (χ4v) is 2.90. The van der Waals surface area contributed by atoms with Crippen LogP contribution in [0.25, 0.3) is 0 Å². The summed E-state index contributed by atoms with van der Waals surface area (Å²) in [6.45, 7) is 1.67.